The van der Waals surface area contributed by atoms with Crippen LogP contribution in [-0.4, -0.2) is 23.4 Å². The Labute approximate surface area is 94.3 Å². The predicted molar refractivity (Wildman–Crippen MR) is 59.4 cm³/mol. The van der Waals surface area contributed by atoms with E-state index in [2.05, 4.69) is 0 Å². The zero-order valence-electron chi connectivity index (χ0n) is 8.99. The molecule has 0 saturated heterocycles. The van der Waals surface area contributed by atoms with Gasteiger partial charge in [0.2, 0.25) is 0 Å². The van der Waals surface area contributed by atoms with Crippen LogP contribution in [0.2, 0.25) is 5.02 Å². The summed E-state index contributed by atoms with van der Waals surface area (Å²) in [5, 5.41) is 19.6. The van der Waals surface area contributed by atoms with E-state index in [1.165, 1.54) is 14.0 Å². The third-order valence-corrected chi connectivity index (χ3v) is 2.69. The maximum atomic E-state index is 9.74. The molecule has 2 N–H and O–H groups in total. The molecule has 0 aromatic heterocycles. The molecule has 2 atom stereocenters. The molecule has 1 aromatic rings. The molecule has 0 aliphatic carbocycles. The molecular formula is C11H15ClO3. The van der Waals surface area contributed by atoms with Crippen molar-refractivity contribution in [2.45, 2.75) is 26.1 Å². The number of methoxy groups -OCH3 is 1. The molecule has 1 rings (SSSR count). The van der Waals surface area contributed by atoms with Crippen molar-refractivity contribution in [2.75, 3.05) is 7.11 Å². The Bertz CT molecular complexity index is 350. The van der Waals surface area contributed by atoms with E-state index in [9.17, 15) is 10.2 Å². The topological polar surface area (TPSA) is 49.7 Å². The number of ether oxygens (including phenoxy) is 1. The highest BCUT2D eigenvalue weighted by molar-refractivity contribution is 6.31. The van der Waals surface area contributed by atoms with Crippen LogP contribution in [0.5, 0.6) is 5.75 Å². The maximum absolute atomic E-state index is 9.74. The highest BCUT2D eigenvalue weighted by Gasteiger charge is 2.19. The molecular weight excluding hydrogens is 216 g/mol. The van der Waals surface area contributed by atoms with E-state index >= 15 is 0 Å². The Morgan fingerprint density at radius 3 is 2.40 bits per heavy atom. The van der Waals surface area contributed by atoms with Crippen molar-refractivity contribution < 1.29 is 14.9 Å². The van der Waals surface area contributed by atoms with Gasteiger partial charge in [0, 0.05) is 10.6 Å². The molecule has 2 unspecified atom stereocenters. The van der Waals surface area contributed by atoms with Gasteiger partial charge in [-0.05, 0) is 31.5 Å². The summed E-state index contributed by atoms with van der Waals surface area (Å²) < 4.78 is 5.12. The van der Waals surface area contributed by atoms with E-state index in [0.717, 1.165) is 5.56 Å². The van der Waals surface area contributed by atoms with Crippen LogP contribution in [-0.2, 0) is 0 Å². The maximum Gasteiger partial charge on any atom is 0.125 e. The minimum absolute atomic E-state index is 0.503. The van der Waals surface area contributed by atoms with Crippen molar-refractivity contribution >= 4 is 11.6 Å². The van der Waals surface area contributed by atoms with Crippen LogP contribution in [0.15, 0.2) is 12.1 Å². The lowest BCUT2D eigenvalue weighted by Gasteiger charge is -2.18. The number of hydrogen-bond acceptors (Lipinski definition) is 3. The normalized spacial score (nSPS) is 14.8. The number of benzene rings is 1. The van der Waals surface area contributed by atoms with Crippen molar-refractivity contribution in [3.05, 3.63) is 28.3 Å². The van der Waals surface area contributed by atoms with Gasteiger partial charge >= 0.3 is 0 Å². The number of aliphatic hydroxyl groups is 2. The molecule has 84 valence electrons. The van der Waals surface area contributed by atoms with Crippen LogP contribution in [0, 0.1) is 6.92 Å². The van der Waals surface area contributed by atoms with E-state index in [4.69, 9.17) is 16.3 Å². The van der Waals surface area contributed by atoms with Crippen LogP contribution >= 0.6 is 11.6 Å². The van der Waals surface area contributed by atoms with Gasteiger partial charge in [0.15, 0.2) is 0 Å². The Morgan fingerprint density at radius 2 is 1.93 bits per heavy atom. The number of aliphatic hydroxyl groups excluding tert-OH is 2. The summed E-state index contributed by atoms with van der Waals surface area (Å²) >= 11 is 5.94. The summed E-state index contributed by atoms with van der Waals surface area (Å²) in [6.07, 6.45) is -1.85. The quantitative estimate of drug-likeness (QED) is 0.836. The standard InChI is InChI=1S/C11H15ClO3/c1-6-4-10(15-3)8(5-9(6)12)11(14)7(2)13/h4-5,7,11,13-14H,1-3H3. The van der Waals surface area contributed by atoms with Crippen LogP contribution in [0.4, 0.5) is 0 Å². The third kappa shape index (κ3) is 2.62. The van der Waals surface area contributed by atoms with Gasteiger partial charge in [-0.25, -0.2) is 0 Å². The van der Waals surface area contributed by atoms with E-state index in [0.29, 0.717) is 16.3 Å². The fourth-order valence-corrected chi connectivity index (χ4v) is 1.51. The largest absolute Gasteiger partial charge is 0.496 e. The summed E-state index contributed by atoms with van der Waals surface area (Å²) in [7, 11) is 1.51. The molecule has 15 heavy (non-hydrogen) atoms. The molecule has 0 fully saturated rings. The van der Waals surface area contributed by atoms with Crippen molar-refractivity contribution in [3.8, 4) is 5.75 Å². The molecule has 0 amide bonds. The van der Waals surface area contributed by atoms with E-state index in [-0.39, 0.29) is 0 Å². The molecule has 0 spiro atoms. The first kappa shape index (κ1) is 12.3. The smallest absolute Gasteiger partial charge is 0.125 e. The lowest BCUT2D eigenvalue weighted by Crippen LogP contribution is -2.14. The van der Waals surface area contributed by atoms with Crippen molar-refractivity contribution in [1.29, 1.82) is 0 Å². The van der Waals surface area contributed by atoms with Gasteiger partial charge in [0.1, 0.15) is 11.9 Å². The fraction of sp³-hybridized carbons (Fsp3) is 0.455. The van der Waals surface area contributed by atoms with E-state index in [1.54, 1.807) is 12.1 Å². The Kier molecular flexibility index (Phi) is 3.97. The lowest BCUT2D eigenvalue weighted by molar-refractivity contribution is 0.0290. The summed E-state index contributed by atoms with van der Waals surface area (Å²) in [6.45, 7) is 3.36. The van der Waals surface area contributed by atoms with Crippen molar-refractivity contribution in [1.82, 2.24) is 0 Å². The first-order valence-electron chi connectivity index (χ1n) is 4.67. The molecule has 0 bridgehead atoms. The zero-order valence-corrected chi connectivity index (χ0v) is 9.75. The van der Waals surface area contributed by atoms with Gasteiger partial charge in [0.05, 0.1) is 13.2 Å². The number of rotatable bonds is 3. The van der Waals surface area contributed by atoms with Gasteiger partial charge in [-0.15, -0.1) is 0 Å². The van der Waals surface area contributed by atoms with Crippen LogP contribution in [0.1, 0.15) is 24.2 Å². The number of hydrogen-bond donors (Lipinski definition) is 2. The Hall–Kier alpha value is -0.770. The van der Waals surface area contributed by atoms with Crippen LogP contribution < -0.4 is 4.74 Å². The Balaban J connectivity index is 3.21. The SMILES string of the molecule is COc1cc(C)c(Cl)cc1C(O)C(C)O. The summed E-state index contributed by atoms with van der Waals surface area (Å²) in [6, 6.07) is 3.36. The van der Waals surface area contributed by atoms with Gasteiger partial charge < -0.3 is 14.9 Å². The molecule has 0 aliphatic rings. The second kappa shape index (κ2) is 4.84. The molecule has 0 heterocycles. The average Bonchev–Trinajstić information content (AvgIpc) is 2.20. The van der Waals surface area contributed by atoms with Crippen LogP contribution in [0.25, 0.3) is 0 Å². The highest BCUT2D eigenvalue weighted by atomic mass is 35.5. The average molecular weight is 231 g/mol. The fourth-order valence-electron chi connectivity index (χ4n) is 1.34. The van der Waals surface area contributed by atoms with Gasteiger partial charge in [-0.1, -0.05) is 11.6 Å². The second-order valence-corrected chi connectivity index (χ2v) is 3.94. The number of halogens is 1. The first-order valence-corrected chi connectivity index (χ1v) is 5.05. The predicted octanol–water partition coefficient (Wildman–Crippen LogP) is 2.07. The van der Waals surface area contributed by atoms with Crippen molar-refractivity contribution in [2.24, 2.45) is 0 Å². The molecule has 0 radical (unpaired) electrons. The minimum atomic E-state index is -0.988. The lowest BCUT2D eigenvalue weighted by atomic mass is 10.0. The zero-order chi connectivity index (χ0) is 11.6. The number of aryl methyl sites for hydroxylation is 1. The monoisotopic (exact) mass is 230 g/mol. The van der Waals surface area contributed by atoms with Gasteiger partial charge in [-0.3, -0.25) is 0 Å². The van der Waals surface area contributed by atoms with E-state index < -0.39 is 12.2 Å². The van der Waals surface area contributed by atoms with Gasteiger partial charge in [0.25, 0.3) is 0 Å². The molecule has 0 aliphatic heterocycles. The first-order chi connectivity index (χ1) is 6.97. The third-order valence-electron chi connectivity index (χ3n) is 2.29. The van der Waals surface area contributed by atoms with Crippen molar-refractivity contribution in [3.63, 3.8) is 0 Å². The summed E-state index contributed by atoms with van der Waals surface area (Å²) in [4.78, 5) is 0. The van der Waals surface area contributed by atoms with Crippen LogP contribution in [0.3, 0.4) is 0 Å². The molecule has 3 nitrogen and oxygen atoms in total. The molecule has 0 saturated carbocycles. The second-order valence-electron chi connectivity index (χ2n) is 3.53. The van der Waals surface area contributed by atoms with Gasteiger partial charge in [-0.2, -0.15) is 0 Å². The highest BCUT2D eigenvalue weighted by Crippen LogP contribution is 2.32. The Morgan fingerprint density at radius 1 is 1.33 bits per heavy atom. The molecule has 4 heteroatoms. The summed E-state index contributed by atoms with van der Waals surface area (Å²) in [5.74, 6) is 0.533. The minimum Gasteiger partial charge on any atom is -0.496 e. The summed E-state index contributed by atoms with van der Waals surface area (Å²) in [5.41, 5.74) is 1.37. The van der Waals surface area contributed by atoms with E-state index in [1.807, 2.05) is 6.92 Å². The molecule has 1 aromatic carbocycles.